The lowest BCUT2D eigenvalue weighted by Crippen LogP contribution is -2.12. The van der Waals surface area contributed by atoms with E-state index in [4.69, 9.17) is 11.6 Å². The molecule has 0 aromatic carbocycles. The first kappa shape index (κ1) is 12.0. The van der Waals surface area contributed by atoms with E-state index in [2.05, 4.69) is 22.2 Å². The van der Waals surface area contributed by atoms with Gasteiger partial charge < -0.3 is 10.3 Å². The maximum Gasteiger partial charge on any atom is 0.271 e. The molecule has 5 heteroatoms. The molecule has 0 aliphatic heterocycles. The van der Waals surface area contributed by atoms with Crippen LogP contribution in [0.4, 0.5) is 5.82 Å². The van der Waals surface area contributed by atoms with Gasteiger partial charge in [0.05, 0.1) is 6.33 Å². The number of anilines is 1. The predicted molar refractivity (Wildman–Crippen MR) is 62.5 cm³/mol. The van der Waals surface area contributed by atoms with Gasteiger partial charge in [-0.25, -0.2) is 4.98 Å². The summed E-state index contributed by atoms with van der Waals surface area (Å²) in [6.45, 7) is 2.97. The molecule has 2 N–H and O–H groups in total. The second-order valence-electron chi connectivity index (χ2n) is 3.38. The molecule has 0 bridgehead atoms. The number of rotatable bonds is 6. The Kier molecular flexibility index (Phi) is 5.18. The third-order valence-corrected chi connectivity index (χ3v) is 2.47. The molecule has 0 radical (unpaired) electrons. The quantitative estimate of drug-likeness (QED) is 0.737. The second kappa shape index (κ2) is 6.45. The molecule has 0 saturated heterocycles. The zero-order valence-electron chi connectivity index (χ0n) is 8.85. The number of H-pyrrole nitrogens is 1. The molecule has 84 valence electrons. The van der Waals surface area contributed by atoms with Crippen LogP contribution in [-0.4, -0.2) is 16.5 Å². The number of nitrogens with zero attached hydrogens (tertiary/aromatic N) is 1. The lowest BCUT2D eigenvalue weighted by Gasteiger charge is -2.05. The van der Waals surface area contributed by atoms with Crippen molar-refractivity contribution in [3.05, 3.63) is 21.7 Å². The first-order valence-corrected chi connectivity index (χ1v) is 5.60. The van der Waals surface area contributed by atoms with Crippen molar-refractivity contribution in [2.24, 2.45) is 0 Å². The first-order valence-electron chi connectivity index (χ1n) is 5.22. The SMILES string of the molecule is CCCCCCNc1nc[nH]c(=O)c1Cl. The highest BCUT2D eigenvalue weighted by molar-refractivity contribution is 6.32. The van der Waals surface area contributed by atoms with Gasteiger partial charge in [0.15, 0.2) is 5.82 Å². The van der Waals surface area contributed by atoms with Crippen LogP contribution in [-0.2, 0) is 0 Å². The number of hydrogen-bond donors (Lipinski definition) is 2. The molecular weight excluding hydrogens is 214 g/mol. The van der Waals surface area contributed by atoms with E-state index in [1.165, 1.54) is 25.6 Å². The van der Waals surface area contributed by atoms with Crippen molar-refractivity contribution in [2.45, 2.75) is 32.6 Å². The molecule has 0 atom stereocenters. The minimum absolute atomic E-state index is 0.132. The molecule has 0 aliphatic carbocycles. The minimum atomic E-state index is -0.303. The number of hydrogen-bond acceptors (Lipinski definition) is 3. The Morgan fingerprint density at radius 1 is 1.47 bits per heavy atom. The lowest BCUT2D eigenvalue weighted by molar-refractivity contribution is 0.684. The molecule has 1 aromatic heterocycles. The molecule has 1 heterocycles. The Morgan fingerprint density at radius 2 is 2.27 bits per heavy atom. The van der Waals surface area contributed by atoms with Crippen LogP contribution in [0.1, 0.15) is 32.6 Å². The summed E-state index contributed by atoms with van der Waals surface area (Å²) in [5.74, 6) is 0.469. The fraction of sp³-hybridized carbons (Fsp3) is 0.600. The smallest absolute Gasteiger partial charge is 0.271 e. The molecule has 0 aliphatic rings. The van der Waals surface area contributed by atoms with E-state index in [-0.39, 0.29) is 10.6 Å². The van der Waals surface area contributed by atoms with Crippen LogP contribution in [0.15, 0.2) is 11.1 Å². The monoisotopic (exact) mass is 229 g/mol. The number of unbranched alkanes of at least 4 members (excludes halogenated alkanes) is 3. The zero-order chi connectivity index (χ0) is 11.1. The number of aromatic nitrogens is 2. The third-order valence-electron chi connectivity index (χ3n) is 2.12. The van der Waals surface area contributed by atoms with E-state index in [9.17, 15) is 4.79 Å². The Labute approximate surface area is 94.1 Å². The van der Waals surface area contributed by atoms with Gasteiger partial charge in [-0.1, -0.05) is 37.8 Å². The molecule has 0 unspecified atom stereocenters. The van der Waals surface area contributed by atoms with Crippen molar-refractivity contribution < 1.29 is 0 Å². The van der Waals surface area contributed by atoms with Crippen LogP contribution < -0.4 is 10.9 Å². The van der Waals surface area contributed by atoms with Gasteiger partial charge in [0, 0.05) is 6.54 Å². The highest BCUT2D eigenvalue weighted by Gasteiger charge is 2.03. The maximum atomic E-state index is 11.1. The lowest BCUT2D eigenvalue weighted by atomic mass is 10.2. The Balaban J connectivity index is 2.38. The van der Waals surface area contributed by atoms with E-state index < -0.39 is 0 Å². The Morgan fingerprint density at radius 3 is 3.00 bits per heavy atom. The van der Waals surface area contributed by atoms with E-state index in [1.807, 2.05) is 0 Å². The molecule has 0 fully saturated rings. The largest absolute Gasteiger partial charge is 0.369 e. The molecule has 15 heavy (non-hydrogen) atoms. The van der Waals surface area contributed by atoms with Crippen molar-refractivity contribution in [1.29, 1.82) is 0 Å². The first-order chi connectivity index (χ1) is 7.25. The van der Waals surface area contributed by atoms with Crippen LogP contribution in [0.2, 0.25) is 5.02 Å². The molecule has 0 saturated carbocycles. The van der Waals surface area contributed by atoms with E-state index >= 15 is 0 Å². The average Bonchev–Trinajstić information content (AvgIpc) is 2.24. The minimum Gasteiger partial charge on any atom is -0.369 e. The molecule has 1 rings (SSSR count). The van der Waals surface area contributed by atoms with Crippen LogP contribution >= 0.6 is 11.6 Å². The second-order valence-corrected chi connectivity index (χ2v) is 3.76. The summed E-state index contributed by atoms with van der Waals surface area (Å²) in [6.07, 6.45) is 6.05. The summed E-state index contributed by atoms with van der Waals surface area (Å²) in [7, 11) is 0. The molecule has 0 amide bonds. The summed E-state index contributed by atoms with van der Waals surface area (Å²) in [5.41, 5.74) is -0.303. The molecule has 0 spiro atoms. The summed E-state index contributed by atoms with van der Waals surface area (Å²) >= 11 is 5.76. The van der Waals surface area contributed by atoms with Gasteiger partial charge in [-0.3, -0.25) is 4.79 Å². The summed E-state index contributed by atoms with van der Waals surface area (Å²) < 4.78 is 0. The summed E-state index contributed by atoms with van der Waals surface area (Å²) in [6, 6.07) is 0. The normalized spacial score (nSPS) is 10.3. The zero-order valence-corrected chi connectivity index (χ0v) is 9.60. The highest BCUT2D eigenvalue weighted by atomic mass is 35.5. The topological polar surface area (TPSA) is 57.8 Å². The molecular formula is C10H16ClN3O. The van der Waals surface area contributed by atoms with Crippen LogP contribution in [0.5, 0.6) is 0 Å². The van der Waals surface area contributed by atoms with Crippen molar-refractivity contribution >= 4 is 17.4 Å². The average molecular weight is 230 g/mol. The number of aromatic amines is 1. The summed E-state index contributed by atoms with van der Waals surface area (Å²) in [4.78, 5) is 17.5. The van der Waals surface area contributed by atoms with Crippen LogP contribution in [0.25, 0.3) is 0 Å². The van der Waals surface area contributed by atoms with E-state index in [1.54, 1.807) is 0 Å². The van der Waals surface area contributed by atoms with Gasteiger partial charge in [-0.2, -0.15) is 0 Å². The van der Waals surface area contributed by atoms with Crippen molar-refractivity contribution in [1.82, 2.24) is 9.97 Å². The highest BCUT2D eigenvalue weighted by Crippen LogP contribution is 2.12. The standard InChI is InChI=1S/C10H16ClN3O/c1-2-3-4-5-6-12-9-8(11)10(15)14-7-13-9/h7H,2-6H2,1H3,(H2,12,13,14,15). The van der Waals surface area contributed by atoms with E-state index in [0.29, 0.717) is 5.82 Å². The van der Waals surface area contributed by atoms with Gasteiger partial charge in [-0.15, -0.1) is 0 Å². The number of nitrogens with one attached hydrogen (secondary N) is 2. The van der Waals surface area contributed by atoms with Gasteiger partial charge >= 0.3 is 0 Å². The van der Waals surface area contributed by atoms with Crippen molar-refractivity contribution in [3.63, 3.8) is 0 Å². The Hall–Kier alpha value is -1.03. The Bertz CT molecular complexity index is 351. The van der Waals surface area contributed by atoms with Gasteiger partial charge in [0.25, 0.3) is 5.56 Å². The van der Waals surface area contributed by atoms with E-state index in [0.717, 1.165) is 13.0 Å². The number of halogens is 1. The fourth-order valence-corrected chi connectivity index (χ4v) is 1.44. The molecule has 1 aromatic rings. The van der Waals surface area contributed by atoms with Gasteiger partial charge in [0.2, 0.25) is 0 Å². The van der Waals surface area contributed by atoms with Crippen LogP contribution in [0.3, 0.4) is 0 Å². The predicted octanol–water partition coefficient (Wildman–Crippen LogP) is 2.42. The maximum absolute atomic E-state index is 11.1. The van der Waals surface area contributed by atoms with Crippen molar-refractivity contribution in [3.8, 4) is 0 Å². The third kappa shape index (κ3) is 3.91. The van der Waals surface area contributed by atoms with Gasteiger partial charge in [-0.05, 0) is 6.42 Å². The van der Waals surface area contributed by atoms with Crippen molar-refractivity contribution in [2.75, 3.05) is 11.9 Å². The van der Waals surface area contributed by atoms with Crippen LogP contribution in [0, 0.1) is 0 Å². The fourth-order valence-electron chi connectivity index (χ4n) is 1.26. The van der Waals surface area contributed by atoms with Gasteiger partial charge in [0.1, 0.15) is 5.02 Å². The summed E-state index contributed by atoms with van der Waals surface area (Å²) in [5, 5.41) is 3.18. The molecule has 4 nitrogen and oxygen atoms in total.